The molecule has 2 aromatic carbocycles. The van der Waals surface area contributed by atoms with Crippen LogP contribution < -0.4 is 0 Å². The Kier molecular flexibility index (Phi) is 2.78. The fourth-order valence-electron chi connectivity index (χ4n) is 2.35. The zero-order valence-corrected chi connectivity index (χ0v) is 11.1. The number of aryl methyl sites for hydroxylation is 1. The molecule has 18 heavy (non-hydrogen) atoms. The molecule has 3 heteroatoms. The SMILES string of the molecule is O=C1CCc2cc(-c3cccc(Br)c3F)ccc21. The molecular weight excluding hydrogens is 295 g/mol. The van der Waals surface area contributed by atoms with E-state index in [1.165, 1.54) is 0 Å². The van der Waals surface area contributed by atoms with Crippen molar-refractivity contribution in [3.8, 4) is 11.1 Å². The van der Waals surface area contributed by atoms with Gasteiger partial charge in [0.2, 0.25) is 0 Å². The Labute approximate surface area is 113 Å². The maximum absolute atomic E-state index is 14.0. The van der Waals surface area contributed by atoms with E-state index in [1.54, 1.807) is 24.3 Å². The third-order valence-corrected chi connectivity index (χ3v) is 3.90. The highest BCUT2D eigenvalue weighted by Gasteiger charge is 2.20. The maximum atomic E-state index is 14.0. The van der Waals surface area contributed by atoms with Crippen molar-refractivity contribution in [2.45, 2.75) is 12.8 Å². The van der Waals surface area contributed by atoms with Crippen LogP contribution in [0.15, 0.2) is 40.9 Å². The molecule has 0 saturated heterocycles. The molecule has 0 radical (unpaired) electrons. The molecule has 0 bridgehead atoms. The second-order valence-electron chi connectivity index (χ2n) is 4.40. The standard InChI is InChI=1S/C15H10BrFO/c16-13-3-1-2-12(15(13)17)10-4-6-11-9(8-10)5-7-14(11)18/h1-4,6,8H,5,7H2. The molecule has 0 fully saturated rings. The summed E-state index contributed by atoms with van der Waals surface area (Å²) in [7, 11) is 0. The van der Waals surface area contributed by atoms with Gasteiger partial charge in [-0.1, -0.05) is 30.3 Å². The van der Waals surface area contributed by atoms with Gasteiger partial charge in [-0.2, -0.15) is 0 Å². The van der Waals surface area contributed by atoms with Gasteiger partial charge >= 0.3 is 0 Å². The lowest BCUT2D eigenvalue weighted by Crippen LogP contribution is -1.92. The fraction of sp³-hybridized carbons (Fsp3) is 0.133. The Hall–Kier alpha value is -1.48. The number of hydrogen-bond acceptors (Lipinski definition) is 1. The van der Waals surface area contributed by atoms with Crippen molar-refractivity contribution in [3.63, 3.8) is 0 Å². The lowest BCUT2D eigenvalue weighted by molar-refractivity contribution is 0.0994. The largest absolute Gasteiger partial charge is 0.294 e. The van der Waals surface area contributed by atoms with E-state index in [0.29, 0.717) is 16.5 Å². The number of ketones is 1. The molecule has 90 valence electrons. The van der Waals surface area contributed by atoms with Crippen LogP contribution in [0.5, 0.6) is 0 Å². The van der Waals surface area contributed by atoms with Crippen LogP contribution in [0.1, 0.15) is 22.3 Å². The Balaban J connectivity index is 2.14. The summed E-state index contributed by atoms with van der Waals surface area (Å²) in [5.74, 6) is -0.0759. The molecule has 1 aliphatic carbocycles. The summed E-state index contributed by atoms with van der Waals surface area (Å²) in [5, 5.41) is 0. The molecule has 3 rings (SSSR count). The van der Waals surface area contributed by atoms with Crippen LogP contribution in [0.3, 0.4) is 0 Å². The lowest BCUT2D eigenvalue weighted by atomic mass is 10.00. The number of benzene rings is 2. The number of halogens is 2. The molecule has 0 spiro atoms. The zero-order chi connectivity index (χ0) is 12.7. The summed E-state index contributed by atoms with van der Waals surface area (Å²) < 4.78 is 14.5. The van der Waals surface area contributed by atoms with Gasteiger partial charge in [0.1, 0.15) is 5.82 Å². The fourth-order valence-corrected chi connectivity index (χ4v) is 2.72. The molecule has 0 unspecified atom stereocenters. The number of rotatable bonds is 1. The van der Waals surface area contributed by atoms with E-state index in [1.807, 2.05) is 12.1 Å². The normalized spacial score (nSPS) is 13.8. The predicted octanol–water partition coefficient (Wildman–Crippen LogP) is 4.38. The summed E-state index contributed by atoms with van der Waals surface area (Å²) >= 11 is 3.19. The minimum Gasteiger partial charge on any atom is -0.294 e. The van der Waals surface area contributed by atoms with Crippen molar-refractivity contribution in [1.82, 2.24) is 0 Å². The van der Waals surface area contributed by atoms with Crippen LogP contribution in [-0.4, -0.2) is 5.78 Å². The first kappa shape index (κ1) is 11.6. The molecule has 0 aliphatic heterocycles. The average molecular weight is 305 g/mol. The van der Waals surface area contributed by atoms with E-state index in [0.717, 1.165) is 23.1 Å². The van der Waals surface area contributed by atoms with Crippen LogP contribution in [-0.2, 0) is 6.42 Å². The summed E-state index contributed by atoms with van der Waals surface area (Å²) in [5.41, 5.74) is 3.19. The van der Waals surface area contributed by atoms with Crippen molar-refractivity contribution >= 4 is 21.7 Å². The first-order valence-corrected chi connectivity index (χ1v) is 6.56. The second kappa shape index (κ2) is 4.32. The third-order valence-electron chi connectivity index (χ3n) is 3.29. The maximum Gasteiger partial charge on any atom is 0.163 e. The first-order chi connectivity index (χ1) is 8.66. The summed E-state index contributed by atoms with van der Waals surface area (Å²) in [4.78, 5) is 11.6. The monoisotopic (exact) mass is 304 g/mol. The highest BCUT2D eigenvalue weighted by Crippen LogP contribution is 2.31. The Morgan fingerprint density at radius 2 is 1.89 bits per heavy atom. The molecule has 0 atom stereocenters. The molecule has 0 aromatic heterocycles. The predicted molar refractivity (Wildman–Crippen MR) is 72.2 cm³/mol. The van der Waals surface area contributed by atoms with Gasteiger partial charge in [-0.05, 0) is 39.5 Å². The molecule has 0 N–H and O–H groups in total. The van der Waals surface area contributed by atoms with Crippen LogP contribution in [0.25, 0.3) is 11.1 Å². The first-order valence-electron chi connectivity index (χ1n) is 5.77. The van der Waals surface area contributed by atoms with Gasteiger partial charge in [0, 0.05) is 17.5 Å². The summed E-state index contributed by atoms with van der Waals surface area (Å²) in [6, 6.07) is 10.8. The van der Waals surface area contributed by atoms with Gasteiger partial charge < -0.3 is 0 Å². The Morgan fingerprint density at radius 3 is 2.72 bits per heavy atom. The van der Waals surface area contributed by atoms with Crippen molar-refractivity contribution in [2.24, 2.45) is 0 Å². The third kappa shape index (κ3) is 1.79. The van der Waals surface area contributed by atoms with Crippen molar-refractivity contribution in [3.05, 3.63) is 57.8 Å². The second-order valence-corrected chi connectivity index (χ2v) is 5.25. The van der Waals surface area contributed by atoms with E-state index in [9.17, 15) is 9.18 Å². The van der Waals surface area contributed by atoms with E-state index < -0.39 is 0 Å². The van der Waals surface area contributed by atoms with E-state index in [-0.39, 0.29) is 11.6 Å². The summed E-state index contributed by atoms with van der Waals surface area (Å²) in [6.45, 7) is 0. The van der Waals surface area contributed by atoms with Gasteiger partial charge in [-0.3, -0.25) is 4.79 Å². The molecule has 1 nitrogen and oxygen atoms in total. The van der Waals surface area contributed by atoms with E-state index >= 15 is 0 Å². The number of hydrogen-bond donors (Lipinski definition) is 0. The van der Waals surface area contributed by atoms with Crippen molar-refractivity contribution in [2.75, 3.05) is 0 Å². The zero-order valence-electron chi connectivity index (χ0n) is 9.54. The van der Waals surface area contributed by atoms with Gasteiger partial charge in [-0.15, -0.1) is 0 Å². The van der Waals surface area contributed by atoms with Gasteiger partial charge in [0.25, 0.3) is 0 Å². The van der Waals surface area contributed by atoms with Gasteiger partial charge in [0.15, 0.2) is 5.78 Å². The number of Topliss-reactive ketones (excluding diaryl/α,β-unsaturated/α-hetero) is 1. The summed E-state index contributed by atoms with van der Waals surface area (Å²) in [6.07, 6.45) is 1.33. The van der Waals surface area contributed by atoms with Crippen LogP contribution >= 0.6 is 15.9 Å². The highest BCUT2D eigenvalue weighted by molar-refractivity contribution is 9.10. The van der Waals surface area contributed by atoms with Gasteiger partial charge in [-0.25, -0.2) is 4.39 Å². The van der Waals surface area contributed by atoms with Crippen LogP contribution in [0, 0.1) is 5.82 Å². The average Bonchev–Trinajstić information content (AvgIpc) is 2.74. The quantitative estimate of drug-likeness (QED) is 0.764. The molecule has 0 saturated carbocycles. The molecule has 1 aliphatic rings. The number of carbonyl (C=O) groups is 1. The van der Waals surface area contributed by atoms with Crippen molar-refractivity contribution in [1.29, 1.82) is 0 Å². The molecule has 0 amide bonds. The van der Waals surface area contributed by atoms with E-state index in [4.69, 9.17) is 0 Å². The highest BCUT2D eigenvalue weighted by atomic mass is 79.9. The van der Waals surface area contributed by atoms with Gasteiger partial charge in [0.05, 0.1) is 4.47 Å². The number of fused-ring (bicyclic) bond motifs is 1. The van der Waals surface area contributed by atoms with Crippen molar-refractivity contribution < 1.29 is 9.18 Å². The lowest BCUT2D eigenvalue weighted by Gasteiger charge is -2.07. The van der Waals surface area contributed by atoms with E-state index in [2.05, 4.69) is 15.9 Å². The number of carbonyl (C=O) groups excluding carboxylic acids is 1. The molecular formula is C15H10BrFO. The minimum atomic E-state index is -0.262. The van der Waals surface area contributed by atoms with Crippen LogP contribution in [0.4, 0.5) is 4.39 Å². The molecule has 2 aromatic rings. The smallest absolute Gasteiger partial charge is 0.163 e. The minimum absolute atomic E-state index is 0.186. The van der Waals surface area contributed by atoms with Crippen LogP contribution in [0.2, 0.25) is 0 Å². The molecule has 0 heterocycles. The Bertz CT molecular complexity index is 649. The Morgan fingerprint density at radius 1 is 1.06 bits per heavy atom. The topological polar surface area (TPSA) is 17.1 Å².